The molecule has 92 valence electrons. The molecular formula is C9H15NO4S2. The predicted molar refractivity (Wildman–Crippen MR) is 62.0 cm³/mol. The number of rotatable bonds is 7. The van der Waals surface area contributed by atoms with Gasteiger partial charge < -0.3 is 9.84 Å². The van der Waals surface area contributed by atoms with E-state index in [9.17, 15) is 13.5 Å². The fourth-order valence-electron chi connectivity index (χ4n) is 1.12. The Hall–Kier alpha value is -0.470. The van der Waals surface area contributed by atoms with E-state index in [1.807, 2.05) is 0 Å². The highest BCUT2D eigenvalue weighted by atomic mass is 32.2. The summed E-state index contributed by atoms with van der Waals surface area (Å²) in [7, 11) is -1.93. The summed E-state index contributed by atoms with van der Waals surface area (Å²) in [5.74, 6) is 0. The molecule has 1 aromatic rings. The van der Waals surface area contributed by atoms with Crippen molar-refractivity contribution in [2.45, 2.75) is 16.7 Å². The van der Waals surface area contributed by atoms with Crippen molar-refractivity contribution < 1.29 is 18.3 Å². The molecule has 0 saturated carbocycles. The molecule has 0 bridgehead atoms. The van der Waals surface area contributed by atoms with Crippen molar-refractivity contribution in [3.05, 3.63) is 17.5 Å². The summed E-state index contributed by atoms with van der Waals surface area (Å²) in [4.78, 5) is 0. The van der Waals surface area contributed by atoms with Crippen molar-refractivity contribution in [2.24, 2.45) is 0 Å². The van der Waals surface area contributed by atoms with Crippen LogP contribution in [-0.4, -0.2) is 39.9 Å². The molecule has 1 aromatic heterocycles. The highest BCUT2D eigenvalue weighted by Crippen LogP contribution is 2.15. The Morgan fingerprint density at radius 3 is 2.94 bits per heavy atom. The Morgan fingerprint density at radius 2 is 2.38 bits per heavy atom. The van der Waals surface area contributed by atoms with Gasteiger partial charge in [-0.15, -0.1) is 11.3 Å². The van der Waals surface area contributed by atoms with Crippen molar-refractivity contribution in [3.8, 4) is 0 Å². The van der Waals surface area contributed by atoms with Gasteiger partial charge in [-0.2, -0.15) is 0 Å². The quantitative estimate of drug-likeness (QED) is 0.749. The molecule has 0 spiro atoms. The molecule has 0 radical (unpaired) electrons. The summed E-state index contributed by atoms with van der Waals surface area (Å²) >= 11 is 1.16. The number of hydrogen-bond acceptors (Lipinski definition) is 5. The molecule has 7 heteroatoms. The molecule has 0 amide bonds. The highest BCUT2D eigenvalue weighted by molar-refractivity contribution is 7.91. The van der Waals surface area contributed by atoms with E-state index in [0.29, 0.717) is 6.42 Å². The van der Waals surface area contributed by atoms with Crippen LogP contribution in [0.4, 0.5) is 0 Å². The number of thiophene rings is 1. The molecule has 1 rings (SSSR count). The highest BCUT2D eigenvalue weighted by Gasteiger charge is 2.14. The van der Waals surface area contributed by atoms with E-state index < -0.39 is 16.1 Å². The van der Waals surface area contributed by atoms with Gasteiger partial charge >= 0.3 is 0 Å². The molecule has 0 aliphatic heterocycles. The summed E-state index contributed by atoms with van der Waals surface area (Å²) in [5.41, 5.74) is 0. The Balaban J connectivity index is 2.38. The summed E-state index contributed by atoms with van der Waals surface area (Å²) in [6.07, 6.45) is -0.311. The van der Waals surface area contributed by atoms with Gasteiger partial charge in [0.1, 0.15) is 4.21 Å². The monoisotopic (exact) mass is 265 g/mol. The molecule has 1 unspecified atom stereocenters. The van der Waals surface area contributed by atoms with Gasteiger partial charge in [0.25, 0.3) is 0 Å². The molecule has 1 atom stereocenters. The van der Waals surface area contributed by atoms with Crippen molar-refractivity contribution in [1.82, 2.24) is 4.72 Å². The van der Waals surface area contributed by atoms with Crippen molar-refractivity contribution in [2.75, 3.05) is 20.3 Å². The largest absolute Gasteiger partial charge is 0.391 e. The number of aliphatic hydroxyl groups excluding tert-OH is 1. The van der Waals surface area contributed by atoms with Gasteiger partial charge in [-0.25, -0.2) is 13.1 Å². The van der Waals surface area contributed by atoms with Crippen LogP contribution in [0.3, 0.4) is 0 Å². The first kappa shape index (κ1) is 13.6. The Morgan fingerprint density at radius 1 is 1.62 bits per heavy atom. The molecule has 16 heavy (non-hydrogen) atoms. The van der Waals surface area contributed by atoms with Crippen LogP contribution in [0.2, 0.25) is 0 Å². The zero-order valence-electron chi connectivity index (χ0n) is 8.92. The van der Waals surface area contributed by atoms with Crippen LogP contribution in [0, 0.1) is 0 Å². The van der Waals surface area contributed by atoms with Gasteiger partial charge in [-0.3, -0.25) is 0 Å². The van der Waals surface area contributed by atoms with Gasteiger partial charge in [0, 0.05) is 13.7 Å². The smallest absolute Gasteiger partial charge is 0.250 e. The molecule has 5 nitrogen and oxygen atoms in total. The third kappa shape index (κ3) is 4.18. The van der Waals surface area contributed by atoms with Crippen molar-refractivity contribution in [3.63, 3.8) is 0 Å². The van der Waals surface area contributed by atoms with Gasteiger partial charge in [0.05, 0.1) is 12.7 Å². The molecule has 0 aliphatic carbocycles. The minimum Gasteiger partial charge on any atom is -0.391 e. The normalized spacial score (nSPS) is 13.9. The summed E-state index contributed by atoms with van der Waals surface area (Å²) in [5, 5.41) is 11.0. The Labute approximate surface area is 99.1 Å². The van der Waals surface area contributed by atoms with Crippen LogP contribution in [0.15, 0.2) is 21.7 Å². The van der Waals surface area contributed by atoms with Gasteiger partial charge in [0.15, 0.2) is 0 Å². The SMILES string of the molecule is COCC(O)CCNS(=O)(=O)c1cccs1. The second-order valence-corrected chi connectivity index (χ2v) is 6.17. The van der Waals surface area contributed by atoms with E-state index in [1.54, 1.807) is 17.5 Å². The van der Waals surface area contributed by atoms with Crippen molar-refractivity contribution >= 4 is 21.4 Å². The minimum absolute atomic E-state index is 0.199. The van der Waals surface area contributed by atoms with Crippen LogP contribution < -0.4 is 4.72 Å². The van der Waals surface area contributed by atoms with Gasteiger partial charge in [0.2, 0.25) is 10.0 Å². The lowest BCUT2D eigenvalue weighted by Crippen LogP contribution is -2.28. The molecule has 0 aliphatic rings. The molecule has 1 heterocycles. The van der Waals surface area contributed by atoms with Crippen LogP contribution in [-0.2, 0) is 14.8 Å². The average Bonchev–Trinajstić information content (AvgIpc) is 2.71. The number of ether oxygens (including phenoxy) is 1. The first-order chi connectivity index (χ1) is 7.56. The maximum Gasteiger partial charge on any atom is 0.250 e. The van der Waals surface area contributed by atoms with E-state index >= 15 is 0 Å². The van der Waals surface area contributed by atoms with Crippen LogP contribution in [0.25, 0.3) is 0 Å². The van der Waals surface area contributed by atoms with E-state index in [4.69, 9.17) is 4.74 Å². The summed E-state index contributed by atoms with van der Waals surface area (Å²) in [6.45, 7) is 0.408. The van der Waals surface area contributed by atoms with E-state index in [2.05, 4.69) is 4.72 Å². The average molecular weight is 265 g/mol. The zero-order chi connectivity index (χ0) is 12.0. The third-order valence-corrected chi connectivity index (χ3v) is 4.75. The number of methoxy groups -OCH3 is 1. The fraction of sp³-hybridized carbons (Fsp3) is 0.556. The number of sulfonamides is 1. The summed E-state index contributed by atoms with van der Waals surface area (Å²) in [6, 6.07) is 3.22. The fourth-order valence-corrected chi connectivity index (χ4v) is 3.21. The molecule has 0 saturated heterocycles. The van der Waals surface area contributed by atoms with Crippen LogP contribution in [0.1, 0.15) is 6.42 Å². The Bertz CT molecular complexity index is 388. The van der Waals surface area contributed by atoms with Gasteiger partial charge in [-0.1, -0.05) is 6.07 Å². The standard InChI is InChI=1S/C9H15NO4S2/c1-14-7-8(11)4-5-10-16(12,13)9-3-2-6-15-9/h2-3,6,8,10-11H,4-5,7H2,1H3. The molecule has 0 fully saturated rings. The van der Waals surface area contributed by atoms with Crippen LogP contribution >= 0.6 is 11.3 Å². The molecular weight excluding hydrogens is 250 g/mol. The topological polar surface area (TPSA) is 75.6 Å². The van der Waals surface area contributed by atoms with Gasteiger partial charge in [-0.05, 0) is 17.9 Å². The second-order valence-electron chi connectivity index (χ2n) is 3.23. The lowest BCUT2D eigenvalue weighted by atomic mass is 10.3. The van der Waals surface area contributed by atoms with E-state index in [1.165, 1.54) is 7.11 Å². The number of hydrogen-bond donors (Lipinski definition) is 2. The van der Waals surface area contributed by atoms with Crippen LogP contribution in [0.5, 0.6) is 0 Å². The number of nitrogens with one attached hydrogen (secondary N) is 1. The maximum atomic E-state index is 11.6. The third-order valence-electron chi connectivity index (χ3n) is 1.89. The lowest BCUT2D eigenvalue weighted by molar-refractivity contribution is 0.0603. The first-order valence-corrected chi connectivity index (χ1v) is 7.12. The summed E-state index contributed by atoms with van der Waals surface area (Å²) < 4.78 is 30.7. The minimum atomic E-state index is -3.41. The Kier molecular flexibility index (Phi) is 5.36. The lowest BCUT2D eigenvalue weighted by Gasteiger charge is -2.09. The maximum absolute atomic E-state index is 11.6. The zero-order valence-corrected chi connectivity index (χ0v) is 10.6. The molecule has 0 aromatic carbocycles. The van der Waals surface area contributed by atoms with E-state index in [0.717, 1.165) is 11.3 Å². The van der Waals surface area contributed by atoms with E-state index in [-0.39, 0.29) is 17.4 Å². The first-order valence-electron chi connectivity index (χ1n) is 4.76. The number of aliphatic hydroxyl groups is 1. The second kappa shape index (κ2) is 6.31. The predicted octanol–water partition coefficient (Wildman–Crippen LogP) is 0.424. The molecule has 2 N–H and O–H groups in total. The van der Waals surface area contributed by atoms with Crippen molar-refractivity contribution in [1.29, 1.82) is 0 Å².